The highest BCUT2D eigenvalue weighted by molar-refractivity contribution is 5.88. The van der Waals surface area contributed by atoms with Gasteiger partial charge in [-0.15, -0.1) is 0 Å². The Hall–Kier alpha value is -2.31. The van der Waals surface area contributed by atoms with Crippen LogP contribution in [0.15, 0.2) is 6.20 Å². The molecule has 0 aromatic carbocycles. The lowest BCUT2D eigenvalue weighted by atomic mass is 10.2. The molecule has 0 aliphatic heterocycles. The molecule has 0 saturated carbocycles. The van der Waals surface area contributed by atoms with Crippen LogP contribution in [0.5, 0.6) is 5.75 Å². The first-order chi connectivity index (χ1) is 8.91. The van der Waals surface area contributed by atoms with Gasteiger partial charge in [0.2, 0.25) is 0 Å². The quantitative estimate of drug-likeness (QED) is 0.892. The topological polar surface area (TPSA) is 82.2 Å². The fraction of sp³-hybridized carbons (Fsp3) is 0.417. The van der Waals surface area contributed by atoms with Crippen molar-refractivity contribution < 1.29 is 14.6 Å². The van der Waals surface area contributed by atoms with E-state index in [9.17, 15) is 4.79 Å². The van der Waals surface area contributed by atoms with Gasteiger partial charge in [0, 0.05) is 14.1 Å². The minimum absolute atomic E-state index is 0.144. The smallest absolute Gasteiger partial charge is 0.339 e. The number of carboxylic acid groups (broad SMARTS) is 1. The van der Waals surface area contributed by atoms with Crippen molar-refractivity contribution >= 4 is 5.97 Å². The van der Waals surface area contributed by atoms with Crippen molar-refractivity contribution in [3.8, 4) is 5.75 Å². The second kappa shape index (κ2) is 4.75. The van der Waals surface area contributed by atoms with Crippen molar-refractivity contribution in [2.75, 3.05) is 0 Å². The third-order valence-corrected chi connectivity index (χ3v) is 3.09. The van der Waals surface area contributed by atoms with E-state index in [1.165, 1.54) is 10.9 Å². The summed E-state index contributed by atoms with van der Waals surface area (Å²) in [5, 5.41) is 17.2. The number of aromatic carboxylic acids is 1. The number of carbonyl (C=O) groups is 1. The van der Waals surface area contributed by atoms with Crippen LogP contribution >= 0.6 is 0 Å². The first kappa shape index (κ1) is 13.1. The maximum Gasteiger partial charge on any atom is 0.339 e. The van der Waals surface area contributed by atoms with Crippen LogP contribution in [-0.4, -0.2) is 30.6 Å². The monoisotopic (exact) mass is 264 g/mol. The van der Waals surface area contributed by atoms with Gasteiger partial charge in [0.15, 0.2) is 5.75 Å². The fourth-order valence-corrected chi connectivity index (χ4v) is 1.92. The van der Waals surface area contributed by atoms with Crippen LogP contribution in [0.4, 0.5) is 0 Å². The zero-order chi connectivity index (χ0) is 14.2. The van der Waals surface area contributed by atoms with Crippen molar-refractivity contribution in [2.24, 2.45) is 14.1 Å². The van der Waals surface area contributed by atoms with Crippen LogP contribution in [0.2, 0.25) is 0 Å². The number of carboxylic acids is 1. The van der Waals surface area contributed by atoms with Gasteiger partial charge in [0.25, 0.3) is 0 Å². The molecule has 7 nitrogen and oxygen atoms in total. The summed E-state index contributed by atoms with van der Waals surface area (Å²) in [5.74, 6) is -0.327. The maximum absolute atomic E-state index is 11.1. The second-order valence-electron chi connectivity index (χ2n) is 4.35. The summed E-state index contributed by atoms with van der Waals surface area (Å²) in [6.45, 7) is 3.89. The minimum atomic E-state index is -1.01. The van der Waals surface area contributed by atoms with Crippen molar-refractivity contribution in [2.45, 2.75) is 20.5 Å². The fourth-order valence-electron chi connectivity index (χ4n) is 1.92. The molecule has 0 spiro atoms. The molecule has 2 aromatic rings. The zero-order valence-corrected chi connectivity index (χ0v) is 11.3. The Kier molecular flexibility index (Phi) is 3.28. The van der Waals surface area contributed by atoms with E-state index in [-0.39, 0.29) is 12.2 Å². The van der Waals surface area contributed by atoms with Crippen molar-refractivity contribution in [3.05, 3.63) is 28.8 Å². The molecule has 19 heavy (non-hydrogen) atoms. The Balaban J connectivity index is 2.24. The Morgan fingerprint density at radius 1 is 1.37 bits per heavy atom. The summed E-state index contributed by atoms with van der Waals surface area (Å²) in [6.07, 6.45) is 1.32. The third-order valence-electron chi connectivity index (χ3n) is 3.09. The molecule has 0 fully saturated rings. The molecular formula is C12H16N4O3. The van der Waals surface area contributed by atoms with Gasteiger partial charge in [0.1, 0.15) is 17.9 Å². The molecule has 1 N–H and O–H groups in total. The van der Waals surface area contributed by atoms with Gasteiger partial charge >= 0.3 is 5.97 Å². The highest BCUT2D eigenvalue weighted by atomic mass is 16.5. The Bertz CT molecular complexity index is 627. The van der Waals surface area contributed by atoms with E-state index in [1.54, 1.807) is 11.7 Å². The largest absolute Gasteiger partial charge is 0.483 e. The molecule has 0 atom stereocenters. The summed E-state index contributed by atoms with van der Waals surface area (Å²) in [7, 11) is 3.52. The number of nitrogens with zero attached hydrogens (tertiary/aromatic N) is 4. The minimum Gasteiger partial charge on any atom is -0.483 e. The Morgan fingerprint density at radius 3 is 2.58 bits per heavy atom. The summed E-state index contributed by atoms with van der Waals surface area (Å²) in [4.78, 5) is 11.1. The molecular weight excluding hydrogens is 248 g/mol. The predicted molar refractivity (Wildman–Crippen MR) is 67.2 cm³/mol. The van der Waals surface area contributed by atoms with Crippen LogP contribution < -0.4 is 4.74 Å². The predicted octanol–water partition coefficient (Wildman–Crippen LogP) is 1.05. The lowest BCUT2D eigenvalue weighted by Crippen LogP contribution is -2.09. The number of aryl methyl sites for hydroxylation is 3. The van der Waals surface area contributed by atoms with Gasteiger partial charge < -0.3 is 9.84 Å². The normalized spacial score (nSPS) is 10.7. The summed E-state index contributed by atoms with van der Waals surface area (Å²) < 4.78 is 8.93. The van der Waals surface area contributed by atoms with E-state index in [0.29, 0.717) is 11.4 Å². The van der Waals surface area contributed by atoms with Crippen LogP contribution in [0.3, 0.4) is 0 Å². The Labute approximate surface area is 110 Å². The van der Waals surface area contributed by atoms with Gasteiger partial charge in [-0.2, -0.15) is 10.2 Å². The molecule has 2 heterocycles. The van der Waals surface area contributed by atoms with Gasteiger partial charge in [-0.1, -0.05) is 0 Å². The van der Waals surface area contributed by atoms with E-state index in [0.717, 1.165) is 11.4 Å². The molecule has 0 bridgehead atoms. The van der Waals surface area contributed by atoms with Crippen LogP contribution in [0.25, 0.3) is 0 Å². The van der Waals surface area contributed by atoms with E-state index in [4.69, 9.17) is 9.84 Å². The molecule has 0 radical (unpaired) electrons. The van der Waals surface area contributed by atoms with Crippen molar-refractivity contribution in [1.82, 2.24) is 19.6 Å². The molecule has 2 aromatic heterocycles. The summed E-state index contributed by atoms with van der Waals surface area (Å²) in [6, 6.07) is 0. The van der Waals surface area contributed by atoms with E-state index < -0.39 is 5.97 Å². The molecule has 7 heteroatoms. The van der Waals surface area contributed by atoms with Gasteiger partial charge in [0.05, 0.1) is 17.6 Å². The van der Waals surface area contributed by atoms with Crippen molar-refractivity contribution in [3.63, 3.8) is 0 Å². The van der Waals surface area contributed by atoms with Gasteiger partial charge in [-0.05, 0) is 13.8 Å². The van der Waals surface area contributed by atoms with Crippen molar-refractivity contribution in [1.29, 1.82) is 0 Å². The van der Waals surface area contributed by atoms with Crippen LogP contribution in [0, 0.1) is 13.8 Å². The number of aromatic nitrogens is 4. The van der Waals surface area contributed by atoms with E-state index in [1.807, 2.05) is 20.9 Å². The van der Waals surface area contributed by atoms with E-state index >= 15 is 0 Å². The molecule has 102 valence electrons. The lowest BCUT2D eigenvalue weighted by Gasteiger charge is -2.08. The number of hydrogen-bond acceptors (Lipinski definition) is 4. The van der Waals surface area contributed by atoms with Crippen LogP contribution in [0.1, 0.15) is 27.4 Å². The zero-order valence-electron chi connectivity index (χ0n) is 11.3. The first-order valence-corrected chi connectivity index (χ1v) is 5.79. The maximum atomic E-state index is 11.1. The summed E-state index contributed by atoms with van der Waals surface area (Å²) in [5.41, 5.74) is 2.35. The van der Waals surface area contributed by atoms with E-state index in [2.05, 4.69) is 10.2 Å². The molecule has 0 aliphatic carbocycles. The van der Waals surface area contributed by atoms with Gasteiger partial charge in [-0.25, -0.2) is 4.79 Å². The highest BCUT2D eigenvalue weighted by Crippen LogP contribution is 2.23. The Morgan fingerprint density at radius 2 is 2.05 bits per heavy atom. The SMILES string of the molecule is Cc1nn(C)c(C)c1OCc1c(C(=O)O)cnn1C. The second-order valence-corrected chi connectivity index (χ2v) is 4.35. The average Bonchev–Trinajstić information content (AvgIpc) is 2.80. The molecule has 0 amide bonds. The molecule has 0 aliphatic rings. The first-order valence-electron chi connectivity index (χ1n) is 5.79. The molecule has 2 rings (SSSR count). The lowest BCUT2D eigenvalue weighted by molar-refractivity contribution is 0.0693. The van der Waals surface area contributed by atoms with Crippen LogP contribution in [-0.2, 0) is 20.7 Å². The highest BCUT2D eigenvalue weighted by Gasteiger charge is 2.17. The number of ether oxygens (including phenoxy) is 1. The molecule has 0 saturated heterocycles. The standard InChI is InChI=1S/C12H16N4O3/c1-7-11(8(2)15(3)14-7)19-6-10-9(12(17)18)5-13-16(10)4/h5H,6H2,1-4H3,(H,17,18). The van der Waals surface area contributed by atoms with Gasteiger partial charge in [-0.3, -0.25) is 9.36 Å². The number of hydrogen-bond donors (Lipinski definition) is 1. The third kappa shape index (κ3) is 2.31. The number of rotatable bonds is 4. The molecule has 0 unspecified atom stereocenters. The summed E-state index contributed by atoms with van der Waals surface area (Å²) >= 11 is 0. The average molecular weight is 264 g/mol.